The predicted molar refractivity (Wildman–Crippen MR) is 96.0 cm³/mol. The van der Waals surface area contributed by atoms with E-state index >= 15 is 0 Å². The highest BCUT2D eigenvalue weighted by Gasteiger charge is 2.57. The van der Waals surface area contributed by atoms with Gasteiger partial charge in [-0.1, -0.05) is 19.1 Å². The van der Waals surface area contributed by atoms with Gasteiger partial charge in [-0.05, 0) is 113 Å². The Labute approximate surface area is 142 Å². The Morgan fingerprint density at radius 3 is 2.39 bits per heavy atom. The van der Waals surface area contributed by atoms with Crippen molar-refractivity contribution in [1.82, 2.24) is 0 Å². The fraction of sp³-hybridized carbons (Fsp3) is 0.909. The second-order valence-electron chi connectivity index (χ2n) is 10.2. The van der Waals surface area contributed by atoms with E-state index in [4.69, 9.17) is 0 Å². The molecule has 0 amide bonds. The molecule has 4 rings (SSSR count). The minimum Gasteiger partial charge on any atom is -0.390 e. The van der Waals surface area contributed by atoms with Gasteiger partial charge in [0.1, 0.15) is 0 Å². The summed E-state index contributed by atoms with van der Waals surface area (Å²) in [4.78, 5) is 0. The molecular formula is C22H36O. The van der Waals surface area contributed by atoms with Crippen molar-refractivity contribution < 1.29 is 5.11 Å². The van der Waals surface area contributed by atoms with Crippen LogP contribution in [0, 0.1) is 40.9 Å². The molecule has 8 atom stereocenters. The van der Waals surface area contributed by atoms with E-state index in [1.165, 1.54) is 50.5 Å². The molecule has 1 N–H and O–H groups in total. The molecule has 4 fully saturated rings. The Kier molecular flexibility index (Phi) is 3.76. The van der Waals surface area contributed by atoms with E-state index in [0.29, 0.717) is 5.41 Å². The van der Waals surface area contributed by atoms with Crippen LogP contribution in [0.25, 0.3) is 0 Å². The number of allylic oxidation sites excluding steroid dienone is 1. The fourth-order valence-corrected chi connectivity index (χ4v) is 7.89. The highest BCUT2D eigenvalue weighted by atomic mass is 16.3. The van der Waals surface area contributed by atoms with Crippen molar-refractivity contribution >= 4 is 0 Å². The molecule has 0 aromatic rings. The Morgan fingerprint density at radius 1 is 0.913 bits per heavy atom. The lowest BCUT2D eigenvalue weighted by atomic mass is 9.49. The van der Waals surface area contributed by atoms with Crippen LogP contribution in [0.4, 0.5) is 0 Å². The molecule has 23 heavy (non-hydrogen) atoms. The largest absolute Gasteiger partial charge is 0.390 e. The number of hydrogen-bond acceptors (Lipinski definition) is 1. The smallest absolute Gasteiger partial charge is 0.0622 e. The SMILES string of the molecule is C=C(C)[C@H]1CC[C@H]2[C@@H]3CC[C@H]4C[C@](C)(O)CC[C@@H]4[C@H]3CC[C@]12C. The summed E-state index contributed by atoms with van der Waals surface area (Å²) in [7, 11) is 0. The maximum atomic E-state index is 10.5. The quantitative estimate of drug-likeness (QED) is 0.626. The summed E-state index contributed by atoms with van der Waals surface area (Å²) in [5, 5.41) is 10.5. The maximum Gasteiger partial charge on any atom is 0.0622 e. The van der Waals surface area contributed by atoms with Gasteiger partial charge in [0.05, 0.1) is 5.60 Å². The van der Waals surface area contributed by atoms with E-state index in [9.17, 15) is 5.11 Å². The van der Waals surface area contributed by atoms with Gasteiger partial charge in [0, 0.05) is 0 Å². The topological polar surface area (TPSA) is 20.2 Å². The third-order valence-corrected chi connectivity index (χ3v) is 8.83. The normalized spacial score (nSPS) is 55.7. The molecule has 1 heteroatoms. The lowest BCUT2D eigenvalue weighted by Crippen LogP contribution is -2.50. The highest BCUT2D eigenvalue weighted by Crippen LogP contribution is 2.65. The van der Waals surface area contributed by atoms with E-state index < -0.39 is 0 Å². The molecule has 0 saturated heterocycles. The Morgan fingerprint density at radius 2 is 1.65 bits per heavy atom. The van der Waals surface area contributed by atoms with Gasteiger partial charge in [-0.3, -0.25) is 0 Å². The molecule has 0 aliphatic heterocycles. The molecule has 130 valence electrons. The van der Waals surface area contributed by atoms with Gasteiger partial charge in [0.25, 0.3) is 0 Å². The molecule has 0 aromatic carbocycles. The van der Waals surface area contributed by atoms with E-state index in [-0.39, 0.29) is 5.60 Å². The Hall–Kier alpha value is -0.300. The van der Waals surface area contributed by atoms with Crippen molar-refractivity contribution in [3.8, 4) is 0 Å². The number of rotatable bonds is 1. The summed E-state index contributed by atoms with van der Waals surface area (Å²) in [6.07, 6.45) is 11.9. The first-order valence-corrected chi connectivity index (χ1v) is 10.2. The monoisotopic (exact) mass is 316 g/mol. The standard InChI is InChI=1S/C22H36O/c1-14(2)19-7-8-20-18-6-5-15-13-21(3,23)11-9-16(15)17(18)10-12-22(19,20)4/h15-20,23H,1,5-13H2,2-4H3/t15-,16-,17+,18+,19+,20-,21+,22+/m0/s1. The van der Waals surface area contributed by atoms with Crippen molar-refractivity contribution in [3.63, 3.8) is 0 Å². The minimum absolute atomic E-state index is 0.379. The van der Waals surface area contributed by atoms with Crippen molar-refractivity contribution in [2.24, 2.45) is 40.9 Å². The van der Waals surface area contributed by atoms with Crippen LogP contribution >= 0.6 is 0 Å². The van der Waals surface area contributed by atoms with Crippen molar-refractivity contribution in [2.75, 3.05) is 0 Å². The van der Waals surface area contributed by atoms with Crippen LogP contribution in [0.5, 0.6) is 0 Å². The van der Waals surface area contributed by atoms with Gasteiger partial charge in [-0.25, -0.2) is 0 Å². The molecule has 0 spiro atoms. The molecule has 4 aliphatic rings. The summed E-state index contributed by atoms with van der Waals surface area (Å²) < 4.78 is 0. The van der Waals surface area contributed by atoms with Crippen molar-refractivity contribution in [2.45, 2.75) is 84.2 Å². The molecule has 0 aromatic heterocycles. The van der Waals surface area contributed by atoms with Crippen molar-refractivity contribution in [1.29, 1.82) is 0 Å². The fourth-order valence-electron chi connectivity index (χ4n) is 7.89. The summed E-state index contributed by atoms with van der Waals surface area (Å²) in [6, 6.07) is 0. The predicted octanol–water partition coefficient (Wildman–Crippen LogP) is 5.58. The zero-order chi connectivity index (χ0) is 16.4. The van der Waals surface area contributed by atoms with Crippen LogP contribution < -0.4 is 0 Å². The van der Waals surface area contributed by atoms with Gasteiger partial charge < -0.3 is 5.11 Å². The summed E-state index contributed by atoms with van der Waals surface area (Å²) in [5.41, 5.74) is 1.60. The Balaban J connectivity index is 1.56. The maximum absolute atomic E-state index is 10.5. The van der Waals surface area contributed by atoms with Crippen LogP contribution in [0.15, 0.2) is 12.2 Å². The zero-order valence-electron chi connectivity index (χ0n) is 15.5. The van der Waals surface area contributed by atoms with Gasteiger partial charge in [0.15, 0.2) is 0 Å². The zero-order valence-corrected chi connectivity index (χ0v) is 15.5. The average molecular weight is 317 g/mol. The van der Waals surface area contributed by atoms with Crippen LogP contribution in [0.1, 0.15) is 78.6 Å². The number of aliphatic hydroxyl groups is 1. The van der Waals surface area contributed by atoms with Crippen LogP contribution in [-0.4, -0.2) is 10.7 Å². The minimum atomic E-state index is -0.379. The third kappa shape index (κ3) is 2.44. The number of hydrogen-bond donors (Lipinski definition) is 1. The lowest BCUT2D eigenvalue weighted by molar-refractivity contribution is -0.0977. The van der Waals surface area contributed by atoms with Gasteiger partial charge in [-0.15, -0.1) is 0 Å². The van der Waals surface area contributed by atoms with Gasteiger partial charge in [-0.2, -0.15) is 0 Å². The molecule has 4 saturated carbocycles. The van der Waals surface area contributed by atoms with Crippen LogP contribution in [0.2, 0.25) is 0 Å². The summed E-state index contributed by atoms with van der Waals surface area (Å²) in [6.45, 7) is 11.3. The van der Waals surface area contributed by atoms with Gasteiger partial charge in [0.2, 0.25) is 0 Å². The molecule has 4 aliphatic carbocycles. The first-order valence-electron chi connectivity index (χ1n) is 10.2. The summed E-state index contributed by atoms with van der Waals surface area (Å²) in [5.74, 6) is 5.39. The average Bonchev–Trinajstić information content (AvgIpc) is 2.83. The van der Waals surface area contributed by atoms with E-state index in [0.717, 1.165) is 48.3 Å². The van der Waals surface area contributed by atoms with Gasteiger partial charge >= 0.3 is 0 Å². The molecule has 1 nitrogen and oxygen atoms in total. The third-order valence-electron chi connectivity index (χ3n) is 8.83. The second kappa shape index (κ2) is 5.35. The summed E-state index contributed by atoms with van der Waals surface area (Å²) >= 11 is 0. The van der Waals surface area contributed by atoms with E-state index in [1.807, 2.05) is 0 Å². The second-order valence-corrected chi connectivity index (χ2v) is 10.2. The first-order chi connectivity index (χ1) is 10.8. The molecular weight excluding hydrogens is 280 g/mol. The molecule has 0 heterocycles. The Bertz CT molecular complexity index is 492. The van der Waals surface area contributed by atoms with Crippen LogP contribution in [0.3, 0.4) is 0 Å². The van der Waals surface area contributed by atoms with E-state index in [2.05, 4.69) is 27.4 Å². The number of fused-ring (bicyclic) bond motifs is 5. The molecule has 0 radical (unpaired) electrons. The molecule has 0 unspecified atom stereocenters. The van der Waals surface area contributed by atoms with Crippen molar-refractivity contribution in [3.05, 3.63) is 12.2 Å². The lowest BCUT2D eigenvalue weighted by Gasteiger charge is -2.57. The molecule has 0 bridgehead atoms. The highest BCUT2D eigenvalue weighted by molar-refractivity contribution is 5.14. The van der Waals surface area contributed by atoms with E-state index in [1.54, 1.807) is 0 Å². The van der Waals surface area contributed by atoms with Crippen LogP contribution in [-0.2, 0) is 0 Å². The first kappa shape index (κ1) is 16.2.